The molecule has 0 aliphatic heterocycles. The van der Waals surface area contributed by atoms with Crippen LogP contribution in [0.3, 0.4) is 0 Å². The first kappa shape index (κ1) is 9.16. The molecule has 0 N–H and O–H groups in total. The monoisotopic (exact) mass is 177 g/mol. The Hall–Kier alpha value is -0.930. The zero-order chi connectivity index (χ0) is 9.52. The number of aromatic nitrogens is 1. The van der Waals surface area contributed by atoms with Crippen LogP contribution in [0.2, 0.25) is 0 Å². The van der Waals surface area contributed by atoms with Crippen molar-refractivity contribution in [3.63, 3.8) is 0 Å². The van der Waals surface area contributed by atoms with Crippen molar-refractivity contribution in [2.75, 3.05) is 0 Å². The van der Waals surface area contributed by atoms with Crippen LogP contribution in [0.4, 0.5) is 13.2 Å². The van der Waals surface area contributed by atoms with Crippen molar-refractivity contribution in [3.8, 4) is 0 Å². The maximum atomic E-state index is 12.3. The lowest BCUT2D eigenvalue weighted by atomic mass is 10.1. The van der Waals surface area contributed by atoms with Crippen molar-refractivity contribution in [2.45, 2.75) is 20.0 Å². The standard InChI is InChI=1S/C8H10F3N/c1-5-4-12(3)6(2)7(5)8(9,10)11/h4H,1-3H3. The Bertz CT molecular complexity index is 296. The van der Waals surface area contributed by atoms with Gasteiger partial charge in [-0.15, -0.1) is 0 Å². The van der Waals surface area contributed by atoms with Crippen LogP contribution in [0.15, 0.2) is 6.20 Å². The first-order valence-electron chi connectivity index (χ1n) is 3.53. The van der Waals surface area contributed by atoms with Crippen molar-refractivity contribution in [2.24, 2.45) is 7.05 Å². The Balaban J connectivity index is 3.32. The third-order valence-corrected chi connectivity index (χ3v) is 1.96. The topological polar surface area (TPSA) is 4.93 Å². The molecule has 0 amide bonds. The summed E-state index contributed by atoms with van der Waals surface area (Å²) in [4.78, 5) is 0. The van der Waals surface area contributed by atoms with E-state index in [1.165, 1.54) is 24.6 Å². The van der Waals surface area contributed by atoms with Crippen LogP contribution in [-0.4, -0.2) is 4.57 Å². The van der Waals surface area contributed by atoms with Gasteiger partial charge in [-0.05, 0) is 19.4 Å². The summed E-state index contributed by atoms with van der Waals surface area (Å²) in [6.07, 6.45) is -2.74. The fraction of sp³-hybridized carbons (Fsp3) is 0.500. The lowest BCUT2D eigenvalue weighted by molar-refractivity contribution is -0.138. The minimum absolute atomic E-state index is 0.264. The van der Waals surface area contributed by atoms with E-state index in [0.717, 1.165) is 0 Å². The van der Waals surface area contributed by atoms with E-state index in [1.54, 1.807) is 7.05 Å². The Kier molecular flexibility index (Phi) is 1.94. The van der Waals surface area contributed by atoms with Crippen LogP contribution in [0.5, 0.6) is 0 Å². The second-order valence-corrected chi connectivity index (χ2v) is 2.88. The Morgan fingerprint density at radius 3 is 1.92 bits per heavy atom. The highest BCUT2D eigenvalue weighted by Crippen LogP contribution is 2.34. The summed E-state index contributed by atoms with van der Waals surface area (Å²) in [5, 5.41) is 0. The molecule has 1 aromatic heterocycles. The van der Waals surface area contributed by atoms with E-state index in [4.69, 9.17) is 0 Å². The van der Waals surface area contributed by atoms with Gasteiger partial charge in [0.15, 0.2) is 0 Å². The van der Waals surface area contributed by atoms with Gasteiger partial charge < -0.3 is 4.57 Å². The van der Waals surface area contributed by atoms with Crippen LogP contribution >= 0.6 is 0 Å². The highest BCUT2D eigenvalue weighted by Gasteiger charge is 2.35. The molecule has 1 aromatic rings. The summed E-state index contributed by atoms with van der Waals surface area (Å²) in [7, 11) is 1.61. The van der Waals surface area contributed by atoms with Gasteiger partial charge in [0, 0.05) is 18.9 Å². The fourth-order valence-electron chi connectivity index (χ4n) is 1.34. The average Bonchev–Trinajstić information content (AvgIpc) is 2.05. The van der Waals surface area contributed by atoms with Gasteiger partial charge >= 0.3 is 6.18 Å². The largest absolute Gasteiger partial charge is 0.418 e. The van der Waals surface area contributed by atoms with Gasteiger partial charge in [0.1, 0.15) is 0 Å². The molecule has 0 spiro atoms. The third-order valence-electron chi connectivity index (χ3n) is 1.96. The normalized spacial score (nSPS) is 12.2. The number of hydrogen-bond acceptors (Lipinski definition) is 0. The number of aryl methyl sites for hydroxylation is 2. The van der Waals surface area contributed by atoms with Crippen molar-refractivity contribution < 1.29 is 13.2 Å². The van der Waals surface area contributed by atoms with E-state index < -0.39 is 11.7 Å². The van der Waals surface area contributed by atoms with Gasteiger partial charge in [0.25, 0.3) is 0 Å². The molecule has 0 fully saturated rings. The van der Waals surface area contributed by atoms with Gasteiger partial charge in [0.05, 0.1) is 5.56 Å². The molecular weight excluding hydrogens is 167 g/mol. The first-order chi connectivity index (χ1) is 5.34. The van der Waals surface area contributed by atoms with E-state index in [9.17, 15) is 13.2 Å². The maximum Gasteiger partial charge on any atom is 0.418 e. The number of hydrogen-bond donors (Lipinski definition) is 0. The summed E-state index contributed by atoms with van der Waals surface area (Å²) >= 11 is 0. The van der Waals surface area contributed by atoms with Crippen LogP contribution in [0.25, 0.3) is 0 Å². The van der Waals surface area contributed by atoms with Gasteiger partial charge in [-0.25, -0.2) is 0 Å². The predicted octanol–water partition coefficient (Wildman–Crippen LogP) is 2.66. The summed E-state index contributed by atoms with van der Waals surface area (Å²) in [5.74, 6) is 0. The first-order valence-corrected chi connectivity index (χ1v) is 3.53. The summed E-state index contributed by atoms with van der Waals surface area (Å²) < 4.78 is 38.4. The minimum atomic E-state index is -4.23. The Morgan fingerprint density at radius 1 is 1.25 bits per heavy atom. The van der Waals surface area contributed by atoms with Crippen molar-refractivity contribution in [1.29, 1.82) is 0 Å². The summed E-state index contributed by atoms with van der Waals surface area (Å²) in [6.45, 7) is 2.94. The molecule has 0 radical (unpaired) electrons. The number of nitrogens with zero attached hydrogens (tertiary/aromatic N) is 1. The van der Waals surface area contributed by atoms with Crippen LogP contribution < -0.4 is 0 Å². The molecule has 0 aromatic carbocycles. The summed E-state index contributed by atoms with van der Waals surface area (Å²) in [5.41, 5.74) is 0.0347. The lowest BCUT2D eigenvalue weighted by Crippen LogP contribution is -2.08. The molecule has 0 aliphatic rings. The van der Waals surface area contributed by atoms with Crippen LogP contribution in [-0.2, 0) is 13.2 Å². The molecule has 4 heteroatoms. The van der Waals surface area contributed by atoms with E-state index >= 15 is 0 Å². The average molecular weight is 177 g/mol. The molecule has 0 bridgehead atoms. The van der Waals surface area contributed by atoms with Crippen molar-refractivity contribution in [3.05, 3.63) is 23.0 Å². The maximum absolute atomic E-state index is 12.3. The SMILES string of the molecule is Cc1cn(C)c(C)c1C(F)(F)F. The highest BCUT2D eigenvalue weighted by atomic mass is 19.4. The molecule has 12 heavy (non-hydrogen) atoms. The zero-order valence-corrected chi connectivity index (χ0v) is 7.16. The number of halogens is 3. The molecular formula is C8H10F3N. The molecule has 1 nitrogen and oxygen atoms in total. The van der Waals surface area contributed by atoms with Gasteiger partial charge in [-0.2, -0.15) is 13.2 Å². The minimum Gasteiger partial charge on any atom is -0.354 e. The molecule has 1 heterocycles. The summed E-state index contributed by atoms with van der Waals surface area (Å²) in [6, 6.07) is 0. The predicted molar refractivity (Wildman–Crippen MR) is 39.9 cm³/mol. The Morgan fingerprint density at radius 2 is 1.75 bits per heavy atom. The second kappa shape index (κ2) is 2.54. The van der Waals surface area contributed by atoms with Crippen LogP contribution in [0.1, 0.15) is 16.8 Å². The van der Waals surface area contributed by atoms with E-state index in [0.29, 0.717) is 0 Å². The third kappa shape index (κ3) is 1.33. The molecule has 1 rings (SSSR count). The smallest absolute Gasteiger partial charge is 0.354 e. The van der Waals surface area contributed by atoms with Crippen LogP contribution in [0, 0.1) is 13.8 Å². The van der Waals surface area contributed by atoms with Crippen molar-refractivity contribution >= 4 is 0 Å². The second-order valence-electron chi connectivity index (χ2n) is 2.88. The molecule has 0 aliphatic carbocycles. The lowest BCUT2D eigenvalue weighted by Gasteiger charge is -2.07. The molecule has 0 unspecified atom stereocenters. The van der Waals surface area contributed by atoms with E-state index in [1.807, 2.05) is 0 Å². The van der Waals surface area contributed by atoms with Gasteiger partial charge in [0.2, 0.25) is 0 Å². The van der Waals surface area contributed by atoms with Gasteiger partial charge in [-0.1, -0.05) is 0 Å². The van der Waals surface area contributed by atoms with E-state index in [-0.39, 0.29) is 11.3 Å². The molecule has 68 valence electrons. The number of rotatable bonds is 0. The van der Waals surface area contributed by atoms with Gasteiger partial charge in [-0.3, -0.25) is 0 Å². The zero-order valence-electron chi connectivity index (χ0n) is 7.16. The Labute approximate surface area is 68.8 Å². The molecule has 0 saturated heterocycles. The highest BCUT2D eigenvalue weighted by molar-refractivity contribution is 5.32. The quantitative estimate of drug-likeness (QED) is 0.574. The fourth-order valence-corrected chi connectivity index (χ4v) is 1.34. The molecule has 0 saturated carbocycles. The number of alkyl halides is 3. The van der Waals surface area contributed by atoms with Crippen molar-refractivity contribution in [1.82, 2.24) is 4.57 Å². The van der Waals surface area contributed by atoms with E-state index in [2.05, 4.69) is 0 Å². The molecule has 0 atom stereocenters.